The number of fused-ring (bicyclic) bond motifs is 13. The lowest BCUT2D eigenvalue weighted by Gasteiger charge is -2.21. The third kappa shape index (κ3) is 21.4. The molecule has 0 saturated heterocycles. The van der Waals surface area contributed by atoms with Gasteiger partial charge < -0.3 is 0 Å². The summed E-state index contributed by atoms with van der Waals surface area (Å²) in [5, 5.41) is 22.8. The molecule has 13 aromatic rings. The van der Waals surface area contributed by atoms with E-state index < -0.39 is 0 Å². The maximum Gasteiger partial charge on any atom is 0.0406 e. The van der Waals surface area contributed by atoms with Crippen molar-refractivity contribution in [3.63, 3.8) is 0 Å². The van der Waals surface area contributed by atoms with Crippen LogP contribution in [0.25, 0.3) is 131 Å². The predicted octanol–water partition coefficient (Wildman–Crippen LogP) is 38.0. The molecule has 0 heterocycles. The van der Waals surface area contributed by atoms with Crippen LogP contribution in [-0.2, 0) is 0 Å². The molecule has 0 saturated carbocycles. The van der Waals surface area contributed by atoms with Crippen LogP contribution in [0, 0.1) is 0 Å². The Labute approximate surface area is 693 Å². The number of unbranched alkanes of at least 4 members (excludes halogenated alkanes) is 32. The average Bonchev–Trinajstić information content (AvgIpc) is 0.714. The van der Waals surface area contributed by atoms with E-state index in [2.05, 4.69) is 222 Å². The molecule has 4 heteroatoms. The first-order valence-corrected chi connectivity index (χ1v) is 46.3. The fraction of sp³-hybridized carbons (Fsp3) is 0.426. The van der Waals surface area contributed by atoms with Crippen molar-refractivity contribution in [3.8, 4) is 44.5 Å². The fourth-order valence-corrected chi connectivity index (χ4v) is 19.4. The van der Waals surface area contributed by atoms with Gasteiger partial charge in [0.25, 0.3) is 0 Å². The Hall–Kier alpha value is -6.90. The SMILES string of the molecule is CCCCCCCCCCCC(CCCCCCCCCCC)c1ccc2c(c1)cc(-c1ccc(Cl)cc1)c1cc3c(cc12)c(-c1ccc(Cl)cc1)cc1c3ccc2c3cc4c(-c5ccc(Cl)cc5)cc5cc(C(CCCCCCCCCCC)CCCCCCCCCCC)ccc5c4cc3c(-c3ccc(Cl)cc3)cc21. The molecule has 0 amide bonds. The summed E-state index contributed by atoms with van der Waals surface area (Å²) in [5.74, 6) is 1.07. The number of benzene rings is 13. The molecule has 0 atom stereocenters. The normalized spacial score (nSPS) is 12.1. The van der Waals surface area contributed by atoms with Gasteiger partial charge >= 0.3 is 0 Å². The van der Waals surface area contributed by atoms with Crippen LogP contribution in [0.4, 0.5) is 0 Å². The van der Waals surface area contributed by atoms with Gasteiger partial charge in [-0.15, -0.1) is 0 Å². The molecular weight excluding hydrogens is 1440 g/mol. The van der Waals surface area contributed by atoms with Gasteiger partial charge in [0.15, 0.2) is 0 Å². The van der Waals surface area contributed by atoms with Gasteiger partial charge in [-0.05, 0) is 276 Å². The monoisotopic (exact) mass is 1560 g/mol. The summed E-state index contributed by atoms with van der Waals surface area (Å²) < 4.78 is 0. The lowest BCUT2D eigenvalue weighted by atomic mass is 9.83. The van der Waals surface area contributed by atoms with Gasteiger partial charge in [-0.3, -0.25) is 0 Å². The van der Waals surface area contributed by atoms with Crippen LogP contribution >= 0.6 is 46.4 Å². The van der Waals surface area contributed by atoms with E-state index in [1.807, 2.05) is 0 Å². The van der Waals surface area contributed by atoms with Crippen molar-refractivity contribution in [1.82, 2.24) is 0 Å². The zero-order valence-corrected chi connectivity index (χ0v) is 71.4. The summed E-state index contributed by atoms with van der Waals surface area (Å²) in [7, 11) is 0. The smallest absolute Gasteiger partial charge is 0.0406 e. The maximum atomic E-state index is 6.84. The molecule has 0 nitrogen and oxygen atoms in total. The van der Waals surface area contributed by atoms with Crippen LogP contribution in [0.2, 0.25) is 20.1 Å². The van der Waals surface area contributed by atoms with E-state index in [9.17, 15) is 0 Å². The minimum Gasteiger partial charge on any atom is -0.0843 e. The molecule has 0 aromatic heterocycles. The van der Waals surface area contributed by atoms with Crippen molar-refractivity contribution < 1.29 is 0 Å². The first kappa shape index (κ1) is 83.1. The number of halogens is 4. The molecule has 13 aromatic carbocycles. The van der Waals surface area contributed by atoms with E-state index in [4.69, 9.17) is 46.4 Å². The Morgan fingerprint density at radius 3 is 0.634 bits per heavy atom. The highest BCUT2D eigenvalue weighted by Gasteiger charge is 2.23. The van der Waals surface area contributed by atoms with Gasteiger partial charge in [0, 0.05) is 20.1 Å². The number of hydrogen-bond acceptors (Lipinski definition) is 0. The molecule has 0 spiro atoms. The second-order valence-corrected chi connectivity index (χ2v) is 35.4. The highest BCUT2D eigenvalue weighted by Crippen LogP contribution is 2.49. The first-order valence-electron chi connectivity index (χ1n) is 44.8. The summed E-state index contributed by atoms with van der Waals surface area (Å²) in [4.78, 5) is 0. The topological polar surface area (TPSA) is 0 Å². The van der Waals surface area contributed by atoms with Gasteiger partial charge in [0.2, 0.25) is 0 Å². The lowest BCUT2D eigenvalue weighted by molar-refractivity contribution is 0.482. The molecule has 0 aliphatic carbocycles. The molecule has 0 N–H and O–H groups in total. The summed E-state index contributed by atoms with van der Waals surface area (Å²) >= 11 is 27.3. The molecule has 0 aliphatic rings. The second-order valence-electron chi connectivity index (χ2n) is 33.7. The molecular formula is C108H126Cl4. The summed E-state index contributed by atoms with van der Waals surface area (Å²) in [6.45, 7) is 9.28. The molecule has 13 rings (SSSR count). The van der Waals surface area contributed by atoms with Gasteiger partial charge in [0.05, 0.1) is 0 Å². The van der Waals surface area contributed by atoms with Gasteiger partial charge in [-0.25, -0.2) is 0 Å². The zero-order valence-electron chi connectivity index (χ0n) is 68.4. The van der Waals surface area contributed by atoms with Crippen molar-refractivity contribution >= 4 is 133 Å². The minimum absolute atomic E-state index is 0.536. The molecule has 112 heavy (non-hydrogen) atoms. The standard InChI is InChI=1S/C108H126Cl4/c1-5-9-13-17-21-25-29-33-37-41-77(42-38-34-30-26-22-18-14-10-6-2)83-53-63-91-85(67-83)69-95(79-45-55-87(109)56-46-79)105-75-103-93-65-66-94-102(101(93)71-97(107(103)73-99(91)105)81-49-59-89(111)60-50-81)72-98(82-51-61-90(112)62-52-82)108-74-100-92-64-54-84(68-86(92)70-96(106(100)76-104(94)108)80-47-57-88(110)58-48-80)78(43-39-35-31-27-23-19-15-11-7-3)44-40-36-32-28-24-20-16-12-8-4/h45-78H,5-44H2,1-4H3. The summed E-state index contributed by atoms with van der Waals surface area (Å²) in [6, 6.07) is 74.5. The van der Waals surface area contributed by atoms with Crippen LogP contribution in [-0.4, -0.2) is 0 Å². The van der Waals surface area contributed by atoms with Crippen LogP contribution in [0.3, 0.4) is 0 Å². The van der Waals surface area contributed by atoms with E-state index >= 15 is 0 Å². The first-order chi connectivity index (χ1) is 55.1. The van der Waals surface area contributed by atoms with E-state index in [0.717, 1.165) is 31.2 Å². The molecule has 0 radical (unpaired) electrons. The summed E-state index contributed by atoms with van der Waals surface area (Å²) in [6.07, 6.45) is 53.8. The maximum absolute atomic E-state index is 6.84. The Bertz CT molecular complexity index is 4790. The second kappa shape index (κ2) is 42.6. The molecule has 0 unspecified atom stereocenters. The Balaban J connectivity index is 0.946. The Kier molecular flexibility index (Phi) is 31.6. The highest BCUT2D eigenvalue weighted by molar-refractivity contribution is 6.34. The lowest BCUT2D eigenvalue weighted by Crippen LogP contribution is -2.00. The van der Waals surface area contributed by atoms with Crippen LogP contribution in [0.15, 0.2) is 194 Å². The molecule has 0 bridgehead atoms. The Morgan fingerprint density at radius 2 is 0.384 bits per heavy atom. The van der Waals surface area contributed by atoms with Crippen molar-refractivity contribution in [2.75, 3.05) is 0 Å². The van der Waals surface area contributed by atoms with Gasteiger partial charge in [0.1, 0.15) is 0 Å². The van der Waals surface area contributed by atoms with Crippen molar-refractivity contribution in [2.24, 2.45) is 0 Å². The number of hydrogen-bond donors (Lipinski definition) is 0. The minimum atomic E-state index is 0.536. The molecule has 0 aliphatic heterocycles. The van der Waals surface area contributed by atoms with Crippen molar-refractivity contribution in [1.29, 1.82) is 0 Å². The predicted molar refractivity (Wildman–Crippen MR) is 501 cm³/mol. The van der Waals surface area contributed by atoms with E-state index in [1.165, 1.54) is 388 Å². The molecule has 586 valence electrons. The van der Waals surface area contributed by atoms with E-state index in [1.54, 1.807) is 0 Å². The van der Waals surface area contributed by atoms with Crippen LogP contribution < -0.4 is 0 Å². The third-order valence-electron chi connectivity index (χ3n) is 25.4. The van der Waals surface area contributed by atoms with E-state index in [0.29, 0.717) is 11.8 Å². The zero-order chi connectivity index (χ0) is 77.4. The largest absolute Gasteiger partial charge is 0.0843 e. The fourth-order valence-electron chi connectivity index (χ4n) is 18.9. The molecule has 0 fully saturated rings. The van der Waals surface area contributed by atoms with Crippen LogP contribution in [0.5, 0.6) is 0 Å². The van der Waals surface area contributed by atoms with Gasteiger partial charge in [-0.2, -0.15) is 0 Å². The number of rotatable bonds is 46. The van der Waals surface area contributed by atoms with E-state index in [-0.39, 0.29) is 0 Å². The third-order valence-corrected chi connectivity index (χ3v) is 26.4. The average molecular weight is 1570 g/mol. The Morgan fingerprint density at radius 1 is 0.179 bits per heavy atom. The highest BCUT2D eigenvalue weighted by atomic mass is 35.5. The van der Waals surface area contributed by atoms with Crippen LogP contribution in [0.1, 0.15) is 307 Å². The van der Waals surface area contributed by atoms with Gasteiger partial charge in [-0.1, -0.05) is 402 Å². The quantitative estimate of drug-likeness (QED) is 0.0203. The van der Waals surface area contributed by atoms with Crippen molar-refractivity contribution in [2.45, 2.75) is 296 Å². The van der Waals surface area contributed by atoms with Crippen molar-refractivity contribution in [3.05, 3.63) is 225 Å². The summed E-state index contributed by atoms with van der Waals surface area (Å²) in [5.41, 5.74) is 12.4.